The molecule has 0 spiro atoms. The highest BCUT2D eigenvalue weighted by Gasteiger charge is 2.26. The number of aryl methyl sites for hydroxylation is 1. The van der Waals surface area contributed by atoms with E-state index in [1.165, 1.54) is 67.6 Å². The molecule has 5 rings (SSSR count). The normalized spacial score (nSPS) is 20.6. The summed E-state index contributed by atoms with van der Waals surface area (Å²) in [5, 5.41) is 3.75. The molecule has 1 aromatic heterocycles. The third-order valence-corrected chi connectivity index (χ3v) is 8.00. The van der Waals surface area contributed by atoms with Crippen molar-refractivity contribution in [3.05, 3.63) is 41.1 Å². The average Bonchev–Trinajstić information content (AvgIpc) is 3.20. The number of nitrogens with one attached hydrogen (secondary N) is 1. The van der Waals surface area contributed by atoms with Crippen LogP contribution in [0, 0.1) is 0 Å². The summed E-state index contributed by atoms with van der Waals surface area (Å²) in [6, 6.07) is 9.07. The van der Waals surface area contributed by atoms with E-state index < -0.39 is 0 Å². The van der Waals surface area contributed by atoms with Crippen LogP contribution in [0.25, 0.3) is 0 Å². The molecule has 3 aliphatic rings. The van der Waals surface area contributed by atoms with Crippen molar-refractivity contribution in [2.75, 3.05) is 63.6 Å². The smallest absolute Gasteiger partial charge is 0.225 e. The summed E-state index contributed by atoms with van der Waals surface area (Å²) in [5.74, 6) is 3.04. The van der Waals surface area contributed by atoms with Crippen LogP contribution in [0.4, 0.5) is 11.8 Å². The lowest BCUT2D eigenvalue weighted by Gasteiger charge is -2.33. The van der Waals surface area contributed by atoms with Gasteiger partial charge in [-0.2, -0.15) is 4.98 Å². The molecule has 7 heteroatoms. The van der Waals surface area contributed by atoms with Crippen molar-refractivity contribution in [2.45, 2.75) is 76.8 Å². The highest BCUT2D eigenvalue weighted by Crippen LogP contribution is 2.32. The number of hydrogen-bond acceptors (Lipinski definition) is 7. The van der Waals surface area contributed by atoms with E-state index in [9.17, 15) is 0 Å². The van der Waals surface area contributed by atoms with Crippen LogP contribution in [0.1, 0.15) is 68.2 Å². The van der Waals surface area contributed by atoms with Crippen LogP contribution in [0.3, 0.4) is 0 Å². The van der Waals surface area contributed by atoms with Gasteiger partial charge in [-0.3, -0.25) is 4.90 Å². The van der Waals surface area contributed by atoms with E-state index in [0.717, 1.165) is 76.8 Å². The Kier molecular flexibility index (Phi) is 9.16. The average molecular weight is 507 g/mol. The monoisotopic (exact) mass is 506 g/mol. The maximum atomic E-state index is 5.91. The molecule has 2 fully saturated rings. The third kappa shape index (κ3) is 7.35. The van der Waals surface area contributed by atoms with Crippen LogP contribution in [0.2, 0.25) is 0 Å². The Labute approximate surface area is 223 Å². The van der Waals surface area contributed by atoms with Gasteiger partial charge < -0.3 is 19.9 Å². The molecular formula is C30H46N6O. The number of ether oxygens (including phenoxy) is 1. The quantitative estimate of drug-likeness (QED) is 0.467. The van der Waals surface area contributed by atoms with Crippen molar-refractivity contribution < 1.29 is 4.74 Å². The summed E-state index contributed by atoms with van der Waals surface area (Å²) in [6.45, 7) is 7.25. The Balaban J connectivity index is 1.17. The third-order valence-electron chi connectivity index (χ3n) is 8.00. The first-order valence-corrected chi connectivity index (χ1v) is 14.6. The fraction of sp³-hybridized carbons (Fsp3) is 0.667. The lowest BCUT2D eigenvalue weighted by Crippen LogP contribution is -2.42. The van der Waals surface area contributed by atoms with Gasteiger partial charge in [0, 0.05) is 44.3 Å². The van der Waals surface area contributed by atoms with E-state index in [-0.39, 0.29) is 0 Å². The van der Waals surface area contributed by atoms with Crippen molar-refractivity contribution in [1.29, 1.82) is 0 Å². The highest BCUT2D eigenvalue weighted by molar-refractivity contribution is 5.54. The van der Waals surface area contributed by atoms with Crippen molar-refractivity contribution >= 4 is 11.8 Å². The molecule has 2 aliphatic heterocycles. The first-order valence-electron chi connectivity index (χ1n) is 14.6. The summed E-state index contributed by atoms with van der Waals surface area (Å²) in [5.41, 5.74) is 4.05. The fourth-order valence-electron chi connectivity index (χ4n) is 6.04. The van der Waals surface area contributed by atoms with Gasteiger partial charge in [0.1, 0.15) is 11.6 Å². The summed E-state index contributed by atoms with van der Waals surface area (Å²) in [4.78, 5) is 17.4. The molecular weight excluding hydrogens is 460 g/mol. The molecule has 1 aliphatic carbocycles. The fourth-order valence-corrected chi connectivity index (χ4v) is 6.04. The van der Waals surface area contributed by atoms with Crippen LogP contribution in [0.5, 0.6) is 5.75 Å². The van der Waals surface area contributed by atoms with Crippen LogP contribution in [-0.2, 0) is 19.4 Å². The van der Waals surface area contributed by atoms with Crippen molar-refractivity contribution in [3.8, 4) is 5.75 Å². The summed E-state index contributed by atoms with van der Waals surface area (Å²) in [6.07, 6.45) is 12.1. The maximum absolute atomic E-state index is 5.91. The summed E-state index contributed by atoms with van der Waals surface area (Å²) < 4.78 is 5.91. The minimum Gasteiger partial charge on any atom is -0.494 e. The molecule has 0 amide bonds. The number of anilines is 2. The van der Waals surface area contributed by atoms with Gasteiger partial charge in [0.15, 0.2) is 0 Å². The molecule has 2 saturated heterocycles. The van der Waals surface area contributed by atoms with Crippen LogP contribution in [0.15, 0.2) is 24.3 Å². The number of piperidine rings is 1. The zero-order valence-corrected chi connectivity index (χ0v) is 23.1. The van der Waals surface area contributed by atoms with Gasteiger partial charge >= 0.3 is 0 Å². The van der Waals surface area contributed by atoms with Crippen LogP contribution in [-0.4, -0.2) is 79.2 Å². The lowest BCUT2D eigenvalue weighted by atomic mass is 10.0. The van der Waals surface area contributed by atoms with Gasteiger partial charge in [-0.1, -0.05) is 25.0 Å². The molecule has 1 aromatic carbocycles. The van der Waals surface area contributed by atoms with E-state index in [1.54, 1.807) is 0 Å². The second-order valence-corrected chi connectivity index (χ2v) is 11.4. The van der Waals surface area contributed by atoms with Gasteiger partial charge in [0.25, 0.3) is 0 Å². The Morgan fingerprint density at radius 2 is 1.76 bits per heavy atom. The van der Waals surface area contributed by atoms with Gasteiger partial charge in [-0.05, 0) is 89.7 Å². The molecule has 1 atom stereocenters. The van der Waals surface area contributed by atoms with Gasteiger partial charge in [0.05, 0.1) is 12.3 Å². The van der Waals surface area contributed by atoms with E-state index in [2.05, 4.69) is 58.4 Å². The Bertz CT molecular complexity index is 986. The molecule has 0 saturated carbocycles. The predicted octanol–water partition coefficient (Wildman–Crippen LogP) is 4.75. The number of fused-ring (bicyclic) bond motifs is 1. The SMILES string of the molecule is CN(C)CCCOc1ccc(CN2CCCC(Nc3nc4c(c(N5CCCCCC5)n3)CCC4)C2)cc1. The zero-order valence-electron chi connectivity index (χ0n) is 23.1. The van der Waals surface area contributed by atoms with Crippen LogP contribution < -0.4 is 15.0 Å². The first-order chi connectivity index (χ1) is 18.1. The molecule has 3 heterocycles. The van der Waals surface area contributed by atoms with E-state index in [1.807, 2.05) is 0 Å². The second-order valence-electron chi connectivity index (χ2n) is 11.4. The molecule has 1 N–H and O–H groups in total. The zero-order chi connectivity index (χ0) is 25.5. The molecule has 7 nitrogen and oxygen atoms in total. The Morgan fingerprint density at radius 3 is 2.54 bits per heavy atom. The molecule has 202 valence electrons. The highest BCUT2D eigenvalue weighted by atomic mass is 16.5. The number of likely N-dealkylation sites (tertiary alicyclic amines) is 1. The Morgan fingerprint density at radius 1 is 0.946 bits per heavy atom. The first kappa shape index (κ1) is 26.2. The number of benzene rings is 1. The molecule has 0 radical (unpaired) electrons. The molecule has 37 heavy (non-hydrogen) atoms. The van der Waals surface area contributed by atoms with Crippen molar-refractivity contribution in [2.24, 2.45) is 0 Å². The van der Waals surface area contributed by atoms with Gasteiger partial charge in [-0.25, -0.2) is 4.98 Å². The lowest BCUT2D eigenvalue weighted by molar-refractivity contribution is 0.208. The summed E-state index contributed by atoms with van der Waals surface area (Å²) in [7, 11) is 4.20. The molecule has 0 bridgehead atoms. The van der Waals surface area contributed by atoms with Crippen LogP contribution >= 0.6 is 0 Å². The second kappa shape index (κ2) is 12.9. The van der Waals surface area contributed by atoms with E-state index in [4.69, 9.17) is 14.7 Å². The van der Waals surface area contributed by atoms with Crippen molar-refractivity contribution in [3.63, 3.8) is 0 Å². The van der Waals surface area contributed by atoms with Gasteiger partial charge in [0.2, 0.25) is 5.95 Å². The standard InChI is InChI=1S/C30H46N6O/c1-34(2)17-9-21-37-26-15-13-24(14-16-26)22-35-18-8-10-25(23-35)31-30-32-28-12-7-11-27(28)29(33-30)36-19-5-3-4-6-20-36/h13-16,25H,3-12,17-23H2,1-2H3,(H,31,32,33). The minimum atomic E-state index is 0.393. The van der Waals surface area contributed by atoms with Gasteiger partial charge in [-0.15, -0.1) is 0 Å². The number of hydrogen-bond donors (Lipinski definition) is 1. The molecule has 2 aromatic rings. The maximum Gasteiger partial charge on any atom is 0.225 e. The van der Waals surface area contributed by atoms with E-state index >= 15 is 0 Å². The number of rotatable bonds is 10. The molecule has 1 unspecified atom stereocenters. The largest absolute Gasteiger partial charge is 0.494 e. The minimum absolute atomic E-state index is 0.393. The van der Waals surface area contributed by atoms with Crippen molar-refractivity contribution in [1.82, 2.24) is 19.8 Å². The number of aromatic nitrogens is 2. The number of nitrogens with zero attached hydrogens (tertiary/aromatic N) is 5. The topological polar surface area (TPSA) is 56.8 Å². The predicted molar refractivity (Wildman–Crippen MR) is 152 cm³/mol. The Hall–Kier alpha value is -2.38. The van der Waals surface area contributed by atoms with E-state index in [0.29, 0.717) is 6.04 Å². The summed E-state index contributed by atoms with van der Waals surface area (Å²) >= 11 is 0.